The number of aromatic nitrogens is 3. The van der Waals surface area contributed by atoms with Gasteiger partial charge in [-0.25, -0.2) is 4.98 Å². The second-order valence-corrected chi connectivity index (χ2v) is 5.95. The quantitative estimate of drug-likeness (QED) is 0.581. The second-order valence-electron chi connectivity index (χ2n) is 5.95. The number of aromatic amines is 1. The molecule has 4 nitrogen and oxygen atoms in total. The number of pyridine rings is 1. The van der Waals surface area contributed by atoms with Crippen LogP contribution in [0.4, 0.5) is 0 Å². The average Bonchev–Trinajstić information content (AvgIpc) is 3.11. The molecule has 0 atom stereocenters. The lowest BCUT2D eigenvalue weighted by atomic mass is 10.0. The van der Waals surface area contributed by atoms with Gasteiger partial charge in [0.1, 0.15) is 5.75 Å². The topological polar surface area (TPSA) is 50.8 Å². The van der Waals surface area contributed by atoms with Crippen molar-refractivity contribution in [2.24, 2.45) is 0 Å². The summed E-state index contributed by atoms with van der Waals surface area (Å²) in [6.45, 7) is 2.16. The number of nitrogens with one attached hydrogen (secondary N) is 1. The zero-order valence-corrected chi connectivity index (χ0v) is 14.3. The third kappa shape index (κ3) is 2.76. The molecule has 0 radical (unpaired) electrons. The first-order valence-electron chi connectivity index (χ1n) is 8.37. The van der Waals surface area contributed by atoms with E-state index in [1.807, 2.05) is 30.5 Å². The fourth-order valence-electron chi connectivity index (χ4n) is 3.08. The number of hydrogen-bond donors (Lipinski definition) is 1. The molecule has 2 heterocycles. The zero-order valence-electron chi connectivity index (χ0n) is 14.3. The van der Waals surface area contributed by atoms with E-state index in [9.17, 15) is 0 Å². The number of rotatable bonds is 4. The standard InChI is InChI=1S/C21H19N3O/c1-3-14-7-6-8-15(11-14)16-12-18-20(23-24-21(18)22-13-16)17-9-4-5-10-19(17)25-2/h4-13H,3H2,1-2H3,(H,22,23,24). The SMILES string of the molecule is CCc1cccc(-c2cnc3n[nH]c(-c4ccccc4OC)c3c2)c1. The summed E-state index contributed by atoms with van der Waals surface area (Å²) in [4.78, 5) is 4.53. The van der Waals surface area contributed by atoms with Crippen LogP contribution in [-0.2, 0) is 6.42 Å². The Kier molecular flexibility index (Phi) is 3.94. The fourth-order valence-corrected chi connectivity index (χ4v) is 3.08. The molecule has 0 saturated carbocycles. The Bertz CT molecular complexity index is 1040. The summed E-state index contributed by atoms with van der Waals surface area (Å²) in [7, 11) is 1.68. The minimum atomic E-state index is 0.705. The summed E-state index contributed by atoms with van der Waals surface area (Å²) in [5.74, 6) is 0.812. The molecule has 0 spiro atoms. The van der Waals surface area contributed by atoms with Gasteiger partial charge in [-0.3, -0.25) is 5.10 Å². The van der Waals surface area contributed by atoms with Gasteiger partial charge in [0.2, 0.25) is 0 Å². The molecule has 0 saturated heterocycles. The Morgan fingerprint density at radius 2 is 1.88 bits per heavy atom. The fraction of sp³-hybridized carbons (Fsp3) is 0.143. The maximum atomic E-state index is 5.50. The first-order valence-corrected chi connectivity index (χ1v) is 8.37. The van der Waals surface area contributed by atoms with E-state index in [0.717, 1.165) is 34.4 Å². The molecule has 25 heavy (non-hydrogen) atoms. The Hall–Kier alpha value is -3.14. The van der Waals surface area contributed by atoms with Crippen LogP contribution in [0.5, 0.6) is 5.75 Å². The number of hydrogen-bond acceptors (Lipinski definition) is 3. The van der Waals surface area contributed by atoms with Crippen molar-refractivity contribution in [2.75, 3.05) is 7.11 Å². The lowest BCUT2D eigenvalue weighted by molar-refractivity contribution is 0.416. The number of para-hydroxylation sites is 1. The molecule has 0 aliphatic heterocycles. The number of methoxy groups -OCH3 is 1. The van der Waals surface area contributed by atoms with Gasteiger partial charge in [-0.1, -0.05) is 43.3 Å². The number of nitrogens with zero attached hydrogens (tertiary/aromatic N) is 2. The molecule has 4 rings (SSSR count). The van der Waals surface area contributed by atoms with Crippen molar-refractivity contribution in [3.05, 3.63) is 66.4 Å². The van der Waals surface area contributed by atoms with Crippen LogP contribution in [0.25, 0.3) is 33.4 Å². The van der Waals surface area contributed by atoms with Gasteiger partial charge < -0.3 is 4.74 Å². The molecule has 0 fully saturated rings. The number of fused-ring (bicyclic) bond motifs is 1. The Balaban J connectivity index is 1.88. The molecule has 2 aromatic carbocycles. The smallest absolute Gasteiger partial charge is 0.181 e. The van der Waals surface area contributed by atoms with E-state index in [0.29, 0.717) is 5.65 Å². The van der Waals surface area contributed by atoms with E-state index in [-0.39, 0.29) is 0 Å². The molecular weight excluding hydrogens is 310 g/mol. The molecule has 4 heteroatoms. The monoisotopic (exact) mass is 329 g/mol. The van der Waals surface area contributed by atoms with E-state index in [4.69, 9.17) is 4.74 Å². The summed E-state index contributed by atoms with van der Waals surface area (Å²) >= 11 is 0. The third-order valence-corrected chi connectivity index (χ3v) is 4.45. The molecular formula is C21H19N3O. The van der Waals surface area contributed by atoms with Crippen LogP contribution in [0.1, 0.15) is 12.5 Å². The third-order valence-electron chi connectivity index (χ3n) is 4.45. The van der Waals surface area contributed by atoms with Gasteiger partial charge in [0.15, 0.2) is 5.65 Å². The summed E-state index contributed by atoms with van der Waals surface area (Å²) in [5.41, 5.74) is 6.18. The Morgan fingerprint density at radius 1 is 1.00 bits per heavy atom. The molecule has 0 unspecified atom stereocenters. The minimum absolute atomic E-state index is 0.705. The van der Waals surface area contributed by atoms with Gasteiger partial charge in [-0.15, -0.1) is 0 Å². The van der Waals surface area contributed by atoms with Gasteiger partial charge >= 0.3 is 0 Å². The highest BCUT2D eigenvalue weighted by Gasteiger charge is 2.13. The molecule has 124 valence electrons. The molecule has 0 amide bonds. The van der Waals surface area contributed by atoms with Crippen LogP contribution in [0.2, 0.25) is 0 Å². The molecule has 2 aromatic heterocycles. The Labute approximate surface area is 146 Å². The van der Waals surface area contributed by atoms with Gasteiger partial charge in [-0.2, -0.15) is 5.10 Å². The Morgan fingerprint density at radius 3 is 2.72 bits per heavy atom. The van der Waals surface area contributed by atoms with Crippen molar-refractivity contribution >= 4 is 11.0 Å². The van der Waals surface area contributed by atoms with E-state index >= 15 is 0 Å². The maximum Gasteiger partial charge on any atom is 0.181 e. The van der Waals surface area contributed by atoms with Crippen molar-refractivity contribution in [1.82, 2.24) is 15.2 Å². The predicted molar refractivity (Wildman–Crippen MR) is 101 cm³/mol. The second kappa shape index (κ2) is 6.40. The highest BCUT2D eigenvalue weighted by atomic mass is 16.5. The van der Waals surface area contributed by atoms with Crippen LogP contribution in [0.3, 0.4) is 0 Å². The molecule has 4 aromatic rings. The maximum absolute atomic E-state index is 5.50. The van der Waals surface area contributed by atoms with Crippen molar-refractivity contribution in [3.63, 3.8) is 0 Å². The highest BCUT2D eigenvalue weighted by molar-refractivity contribution is 5.94. The predicted octanol–water partition coefficient (Wildman–Crippen LogP) is 4.86. The zero-order chi connectivity index (χ0) is 17.2. The van der Waals surface area contributed by atoms with Crippen molar-refractivity contribution in [2.45, 2.75) is 13.3 Å². The summed E-state index contributed by atoms with van der Waals surface area (Å²) in [6, 6.07) is 18.6. The van der Waals surface area contributed by atoms with Crippen molar-refractivity contribution in [1.29, 1.82) is 0 Å². The number of ether oxygens (including phenoxy) is 1. The number of benzene rings is 2. The summed E-state index contributed by atoms with van der Waals surface area (Å²) in [6.07, 6.45) is 2.89. The lowest BCUT2D eigenvalue weighted by Crippen LogP contribution is -1.88. The van der Waals surface area contributed by atoms with Crippen LogP contribution in [0.15, 0.2) is 60.8 Å². The number of aryl methyl sites for hydroxylation is 1. The van der Waals surface area contributed by atoms with Gasteiger partial charge in [0, 0.05) is 22.7 Å². The summed E-state index contributed by atoms with van der Waals surface area (Å²) < 4.78 is 5.50. The average molecular weight is 329 g/mol. The van der Waals surface area contributed by atoms with Crippen LogP contribution < -0.4 is 4.74 Å². The minimum Gasteiger partial charge on any atom is -0.496 e. The van der Waals surface area contributed by atoms with E-state index in [1.54, 1.807) is 7.11 Å². The molecule has 0 bridgehead atoms. The highest BCUT2D eigenvalue weighted by Crippen LogP contribution is 2.34. The molecule has 0 aliphatic rings. The largest absolute Gasteiger partial charge is 0.496 e. The van der Waals surface area contributed by atoms with Crippen LogP contribution in [0, 0.1) is 0 Å². The van der Waals surface area contributed by atoms with E-state index in [1.165, 1.54) is 11.1 Å². The number of H-pyrrole nitrogens is 1. The molecule has 0 aliphatic carbocycles. The van der Waals surface area contributed by atoms with Crippen molar-refractivity contribution in [3.8, 4) is 28.1 Å². The van der Waals surface area contributed by atoms with Crippen LogP contribution >= 0.6 is 0 Å². The van der Waals surface area contributed by atoms with E-state index < -0.39 is 0 Å². The normalized spacial score (nSPS) is 11.0. The first kappa shape index (κ1) is 15.4. The van der Waals surface area contributed by atoms with Gasteiger partial charge in [0.05, 0.1) is 12.8 Å². The van der Waals surface area contributed by atoms with E-state index in [2.05, 4.69) is 52.4 Å². The van der Waals surface area contributed by atoms with Gasteiger partial charge in [0.25, 0.3) is 0 Å². The lowest BCUT2D eigenvalue weighted by Gasteiger charge is -2.07. The molecule has 1 N–H and O–H groups in total. The van der Waals surface area contributed by atoms with Gasteiger partial charge in [-0.05, 0) is 35.7 Å². The van der Waals surface area contributed by atoms with Crippen molar-refractivity contribution < 1.29 is 4.74 Å². The van der Waals surface area contributed by atoms with Crippen LogP contribution in [-0.4, -0.2) is 22.3 Å². The summed E-state index contributed by atoms with van der Waals surface area (Å²) in [5, 5.41) is 8.45. The first-order chi connectivity index (χ1) is 12.3.